The lowest BCUT2D eigenvalue weighted by molar-refractivity contribution is -0.0376. The van der Waals surface area contributed by atoms with Crippen molar-refractivity contribution < 1.29 is 4.74 Å². The Bertz CT molecular complexity index is 175. The second kappa shape index (κ2) is 6.20. The minimum Gasteiger partial charge on any atom is -0.374 e. The van der Waals surface area contributed by atoms with Crippen LogP contribution >= 0.6 is 0 Å². The van der Waals surface area contributed by atoms with Crippen molar-refractivity contribution >= 4 is 0 Å². The maximum Gasteiger partial charge on any atom is 0.0781 e. The van der Waals surface area contributed by atoms with Crippen LogP contribution in [0.1, 0.15) is 41.0 Å². The van der Waals surface area contributed by atoms with Crippen molar-refractivity contribution in [1.82, 2.24) is 5.32 Å². The van der Waals surface area contributed by atoms with Crippen molar-refractivity contribution in [2.45, 2.75) is 52.7 Å². The van der Waals surface area contributed by atoms with Crippen molar-refractivity contribution in [1.29, 1.82) is 0 Å². The van der Waals surface area contributed by atoms with E-state index in [1.807, 2.05) is 6.92 Å². The zero-order chi connectivity index (χ0) is 11.2. The molecule has 0 heterocycles. The van der Waals surface area contributed by atoms with Gasteiger partial charge in [-0.1, -0.05) is 12.5 Å². The molecule has 0 spiro atoms. The topological polar surface area (TPSA) is 21.3 Å². The van der Waals surface area contributed by atoms with E-state index < -0.39 is 0 Å². The molecule has 0 aliphatic rings. The summed E-state index contributed by atoms with van der Waals surface area (Å²) in [5.41, 5.74) is 1.08. The van der Waals surface area contributed by atoms with Gasteiger partial charge in [0.25, 0.3) is 0 Å². The first-order valence-corrected chi connectivity index (χ1v) is 5.45. The van der Waals surface area contributed by atoms with E-state index in [0.717, 1.165) is 19.6 Å². The van der Waals surface area contributed by atoms with Crippen LogP contribution in [-0.2, 0) is 4.74 Å². The first-order valence-electron chi connectivity index (χ1n) is 5.45. The molecule has 2 heteroatoms. The zero-order valence-corrected chi connectivity index (χ0v) is 10.3. The second-order valence-corrected chi connectivity index (χ2v) is 4.31. The maximum absolute atomic E-state index is 5.74. The summed E-state index contributed by atoms with van der Waals surface area (Å²) in [4.78, 5) is 0. The van der Waals surface area contributed by atoms with Gasteiger partial charge in [-0.25, -0.2) is 0 Å². The van der Waals surface area contributed by atoms with Crippen molar-refractivity contribution in [2.75, 3.05) is 13.2 Å². The molecule has 0 saturated carbocycles. The highest BCUT2D eigenvalue weighted by atomic mass is 16.5. The van der Waals surface area contributed by atoms with Crippen LogP contribution in [0.2, 0.25) is 0 Å². The smallest absolute Gasteiger partial charge is 0.0781 e. The molecule has 1 N–H and O–H groups in total. The first kappa shape index (κ1) is 13.7. The molecule has 84 valence electrons. The van der Waals surface area contributed by atoms with Crippen molar-refractivity contribution in [3.05, 3.63) is 12.2 Å². The van der Waals surface area contributed by atoms with Gasteiger partial charge in [0, 0.05) is 12.6 Å². The number of hydrogen-bond donors (Lipinski definition) is 1. The fourth-order valence-electron chi connectivity index (χ4n) is 1.63. The third-order valence-electron chi connectivity index (χ3n) is 2.36. The molecule has 0 aliphatic heterocycles. The Kier molecular flexibility index (Phi) is 6.05. The summed E-state index contributed by atoms with van der Waals surface area (Å²) in [6.07, 6.45) is 0.973. The molecule has 0 amide bonds. The Morgan fingerprint density at radius 2 is 2.00 bits per heavy atom. The lowest BCUT2D eigenvalue weighted by atomic mass is 9.93. The van der Waals surface area contributed by atoms with Crippen molar-refractivity contribution in [3.63, 3.8) is 0 Å². The van der Waals surface area contributed by atoms with Gasteiger partial charge in [0.1, 0.15) is 0 Å². The molecule has 0 fully saturated rings. The number of rotatable bonds is 7. The number of ether oxygens (including phenoxy) is 1. The molecule has 1 unspecified atom stereocenters. The van der Waals surface area contributed by atoms with Gasteiger partial charge in [0.05, 0.1) is 5.60 Å². The Labute approximate surface area is 88.7 Å². The molecule has 0 bridgehead atoms. The quantitative estimate of drug-likeness (QED) is 0.637. The summed E-state index contributed by atoms with van der Waals surface area (Å²) < 4.78 is 5.74. The monoisotopic (exact) mass is 199 g/mol. The van der Waals surface area contributed by atoms with Gasteiger partial charge in [0.15, 0.2) is 0 Å². The van der Waals surface area contributed by atoms with Gasteiger partial charge in [-0.3, -0.25) is 0 Å². The van der Waals surface area contributed by atoms with Gasteiger partial charge in [-0.15, -0.1) is 6.58 Å². The molecule has 0 aliphatic carbocycles. The SMILES string of the molecule is C=C(C)CC(NCC)C(C)(C)OCC. The minimum atomic E-state index is -0.121. The molecule has 14 heavy (non-hydrogen) atoms. The average Bonchev–Trinajstić information content (AvgIpc) is 2.02. The van der Waals surface area contributed by atoms with Crippen LogP contribution in [0, 0.1) is 0 Å². The Balaban J connectivity index is 4.36. The molecular weight excluding hydrogens is 174 g/mol. The van der Waals surface area contributed by atoms with Crippen LogP contribution in [0.15, 0.2) is 12.2 Å². The summed E-state index contributed by atoms with van der Waals surface area (Å²) in [6.45, 7) is 16.2. The van der Waals surface area contributed by atoms with Crippen LogP contribution in [-0.4, -0.2) is 24.8 Å². The zero-order valence-electron chi connectivity index (χ0n) is 10.3. The molecule has 2 nitrogen and oxygen atoms in total. The molecule has 0 radical (unpaired) electrons. The largest absolute Gasteiger partial charge is 0.374 e. The normalized spacial score (nSPS) is 14.1. The van der Waals surface area contributed by atoms with Gasteiger partial charge < -0.3 is 10.1 Å². The summed E-state index contributed by atoms with van der Waals surface area (Å²) in [5, 5.41) is 3.45. The van der Waals surface area contributed by atoms with E-state index in [2.05, 4.69) is 39.6 Å². The van der Waals surface area contributed by atoms with Crippen LogP contribution in [0.25, 0.3) is 0 Å². The fraction of sp³-hybridized carbons (Fsp3) is 0.833. The molecule has 1 atom stereocenters. The van der Waals surface area contributed by atoms with E-state index in [0.29, 0.717) is 6.04 Å². The first-order chi connectivity index (χ1) is 6.44. The van der Waals surface area contributed by atoms with Crippen LogP contribution in [0.4, 0.5) is 0 Å². The highest BCUT2D eigenvalue weighted by Gasteiger charge is 2.28. The van der Waals surface area contributed by atoms with Crippen molar-refractivity contribution in [2.24, 2.45) is 0 Å². The number of likely N-dealkylation sites (N-methyl/N-ethyl adjacent to an activating group) is 1. The predicted octanol–water partition coefficient (Wildman–Crippen LogP) is 2.75. The van der Waals surface area contributed by atoms with E-state index in [1.54, 1.807) is 0 Å². The van der Waals surface area contributed by atoms with Crippen LogP contribution < -0.4 is 5.32 Å². The summed E-state index contributed by atoms with van der Waals surface area (Å²) in [6, 6.07) is 0.352. The number of hydrogen-bond acceptors (Lipinski definition) is 2. The minimum absolute atomic E-state index is 0.121. The predicted molar refractivity (Wildman–Crippen MR) is 62.6 cm³/mol. The lowest BCUT2D eigenvalue weighted by Gasteiger charge is -2.35. The summed E-state index contributed by atoms with van der Waals surface area (Å²) in [7, 11) is 0. The van der Waals surface area contributed by atoms with E-state index in [9.17, 15) is 0 Å². The van der Waals surface area contributed by atoms with E-state index in [-0.39, 0.29) is 5.60 Å². The molecule has 0 rings (SSSR count). The summed E-state index contributed by atoms with van der Waals surface area (Å²) >= 11 is 0. The molecule has 0 saturated heterocycles. The average molecular weight is 199 g/mol. The third kappa shape index (κ3) is 4.77. The molecule has 0 aromatic heterocycles. The van der Waals surface area contributed by atoms with Gasteiger partial charge in [-0.05, 0) is 40.7 Å². The third-order valence-corrected chi connectivity index (χ3v) is 2.36. The lowest BCUT2D eigenvalue weighted by Crippen LogP contribution is -2.48. The van der Waals surface area contributed by atoms with E-state index >= 15 is 0 Å². The maximum atomic E-state index is 5.74. The summed E-state index contributed by atoms with van der Waals surface area (Å²) in [5.74, 6) is 0. The Hall–Kier alpha value is -0.340. The van der Waals surface area contributed by atoms with Gasteiger partial charge in [-0.2, -0.15) is 0 Å². The van der Waals surface area contributed by atoms with Crippen LogP contribution in [0.3, 0.4) is 0 Å². The fourth-order valence-corrected chi connectivity index (χ4v) is 1.63. The van der Waals surface area contributed by atoms with Gasteiger partial charge in [0.2, 0.25) is 0 Å². The van der Waals surface area contributed by atoms with E-state index in [1.165, 1.54) is 5.57 Å². The van der Waals surface area contributed by atoms with E-state index in [4.69, 9.17) is 4.74 Å². The molecular formula is C12H25NO. The Morgan fingerprint density at radius 1 is 1.43 bits per heavy atom. The molecule has 0 aromatic carbocycles. The molecule has 0 aromatic rings. The standard InChI is InChI=1S/C12H25NO/c1-7-13-11(9-10(3)4)12(5,6)14-8-2/h11,13H,3,7-9H2,1-2,4-6H3. The van der Waals surface area contributed by atoms with Crippen molar-refractivity contribution in [3.8, 4) is 0 Å². The second-order valence-electron chi connectivity index (χ2n) is 4.31. The highest BCUT2D eigenvalue weighted by Crippen LogP contribution is 2.20. The number of nitrogens with one attached hydrogen (secondary N) is 1. The Morgan fingerprint density at radius 3 is 2.36 bits per heavy atom. The highest BCUT2D eigenvalue weighted by molar-refractivity contribution is 4.98. The van der Waals surface area contributed by atoms with Gasteiger partial charge >= 0.3 is 0 Å². The van der Waals surface area contributed by atoms with Crippen LogP contribution in [0.5, 0.6) is 0 Å².